The number of rotatable bonds is 3. The van der Waals surface area contributed by atoms with Crippen molar-refractivity contribution in [1.29, 1.82) is 0 Å². The van der Waals surface area contributed by atoms with E-state index in [1.54, 1.807) is 6.07 Å². The van der Waals surface area contributed by atoms with Gasteiger partial charge in [0, 0.05) is 24.4 Å². The minimum absolute atomic E-state index is 0.0362. The highest BCUT2D eigenvalue weighted by Crippen LogP contribution is 2.31. The number of piperidine rings is 1. The van der Waals surface area contributed by atoms with E-state index in [1.807, 2.05) is 0 Å². The highest BCUT2D eigenvalue weighted by molar-refractivity contribution is 5.81. The van der Waals surface area contributed by atoms with Gasteiger partial charge in [0.1, 0.15) is 0 Å². The zero-order chi connectivity index (χ0) is 14.1. The summed E-state index contributed by atoms with van der Waals surface area (Å²) in [7, 11) is 0. The monoisotopic (exact) mass is 280 g/mol. The number of carbonyl (C=O) groups excluding carboxylic acids is 1. The van der Waals surface area contributed by atoms with Gasteiger partial charge >= 0.3 is 0 Å². The summed E-state index contributed by atoms with van der Waals surface area (Å²) in [6, 6.07) is 3.97. The minimum atomic E-state index is -0.832. The highest BCUT2D eigenvalue weighted by Gasteiger charge is 2.34. The third-order valence-electron chi connectivity index (χ3n) is 4.13. The first-order chi connectivity index (χ1) is 9.65. The first-order valence-electron chi connectivity index (χ1n) is 7.11. The summed E-state index contributed by atoms with van der Waals surface area (Å²) in [6.07, 6.45) is 2.73. The van der Waals surface area contributed by atoms with Crippen LogP contribution in [0.4, 0.5) is 8.78 Å². The Hall–Kier alpha value is -1.49. The molecule has 0 radical (unpaired) electrons. The molecular weight excluding hydrogens is 262 g/mol. The van der Waals surface area contributed by atoms with Crippen molar-refractivity contribution < 1.29 is 13.6 Å². The Bertz CT molecular complexity index is 517. The number of carbonyl (C=O) groups is 1. The predicted molar refractivity (Wildman–Crippen MR) is 71.2 cm³/mol. The summed E-state index contributed by atoms with van der Waals surface area (Å²) in [5, 5.41) is 6.29. The van der Waals surface area contributed by atoms with E-state index < -0.39 is 11.6 Å². The number of nitrogens with one attached hydrogen (secondary N) is 2. The maximum Gasteiger partial charge on any atom is 0.223 e. The maximum absolute atomic E-state index is 13.4. The summed E-state index contributed by atoms with van der Waals surface area (Å²) < 4.78 is 26.4. The molecule has 0 bridgehead atoms. The number of halogens is 2. The molecule has 1 heterocycles. The summed E-state index contributed by atoms with van der Waals surface area (Å²) in [5.41, 5.74) is 0.756. The van der Waals surface area contributed by atoms with Crippen molar-refractivity contribution in [3.05, 3.63) is 35.4 Å². The van der Waals surface area contributed by atoms with E-state index >= 15 is 0 Å². The number of benzene rings is 1. The summed E-state index contributed by atoms with van der Waals surface area (Å²) in [5.74, 6) is -1.38. The quantitative estimate of drug-likeness (QED) is 0.888. The van der Waals surface area contributed by atoms with Crippen LogP contribution in [0.1, 0.15) is 30.7 Å². The highest BCUT2D eigenvalue weighted by atomic mass is 19.2. The van der Waals surface area contributed by atoms with Crippen LogP contribution in [0.25, 0.3) is 0 Å². The van der Waals surface area contributed by atoms with E-state index in [-0.39, 0.29) is 23.8 Å². The topological polar surface area (TPSA) is 41.1 Å². The number of amides is 1. The fourth-order valence-electron chi connectivity index (χ4n) is 2.80. The van der Waals surface area contributed by atoms with Crippen LogP contribution in [0.2, 0.25) is 0 Å². The average molecular weight is 280 g/mol. The summed E-state index contributed by atoms with van der Waals surface area (Å²) in [4.78, 5) is 11.9. The standard InChI is InChI=1S/C15H18F2N2O/c16-12-4-3-10(7-13(12)17)11-5-6-18-8-14(11)19-15(20)9-1-2-9/h3-4,7,9,11,14,18H,1-2,5-6,8H2,(H,19,20). The molecule has 1 aromatic rings. The van der Waals surface area contributed by atoms with E-state index in [9.17, 15) is 13.6 Å². The van der Waals surface area contributed by atoms with Gasteiger partial charge in [0.15, 0.2) is 11.6 Å². The lowest BCUT2D eigenvalue weighted by molar-refractivity contribution is -0.123. The predicted octanol–water partition coefficient (Wildman–Crippen LogP) is 1.94. The fraction of sp³-hybridized carbons (Fsp3) is 0.533. The Balaban J connectivity index is 1.76. The Labute approximate surface area is 116 Å². The largest absolute Gasteiger partial charge is 0.351 e. The van der Waals surface area contributed by atoms with E-state index in [2.05, 4.69) is 10.6 Å². The molecule has 0 spiro atoms. The lowest BCUT2D eigenvalue weighted by atomic mass is 9.86. The molecule has 2 atom stereocenters. The van der Waals surface area contributed by atoms with E-state index in [1.165, 1.54) is 6.07 Å². The van der Waals surface area contributed by atoms with E-state index in [0.29, 0.717) is 6.54 Å². The maximum atomic E-state index is 13.4. The molecule has 2 N–H and O–H groups in total. The Kier molecular flexibility index (Phi) is 3.70. The molecule has 1 amide bonds. The smallest absolute Gasteiger partial charge is 0.223 e. The SMILES string of the molecule is O=C(NC1CNCCC1c1ccc(F)c(F)c1)C1CC1. The normalized spacial score (nSPS) is 26.3. The summed E-state index contributed by atoms with van der Waals surface area (Å²) >= 11 is 0. The van der Waals surface area contributed by atoms with Gasteiger partial charge in [-0.15, -0.1) is 0 Å². The Morgan fingerprint density at radius 3 is 2.70 bits per heavy atom. The van der Waals surface area contributed by atoms with E-state index in [4.69, 9.17) is 0 Å². The van der Waals surface area contributed by atoms with Gasteiger partial charge in [0.05, 0.1) is 0 Å². The molecule has 3 rings (SSSR count). The Morgan fingerprint density at radius 1 is 1.20 bits per heavy atom. The molecule has 20 heavy (non-hydrogen) atoms. The molecule has 1 aliphatic heterocycles. The van der Waals surface area contributed by atoms with Crippen molar-refractivity contribution in [3.63, 3.8) is 0 Å². The second-order valence-electron chi connectivity index (χ2n) is 5.66. The second kappa shape index (κ2) is 5.48. The van der Waals surface area contributed by atoms with Crippen LogP contribution in [0.3, 0.4) is 0 Å². The van der Waals surface area contributed by atoms with Crippen LogP contribution in [0, 0.1) is 17.6 Å². The molecule has 0 aromatic heterocycles. The zero-order valence-electron chi connectivity index (χ0n) is 11.2. The van der Waals surface area contributed by atoms with Crippen LogP contribution in [-0.4, -0.2) is 25.0 Å². The third-order valence-corrected chi connectivity index (χ3v) is 4.13. The zero-order valence-corrected chi connectivity index (χ0v) is 11.2. The summed E-state index contributed by atoms with van der Waals surface area (Å²) in [6.45, 7) is 1.49. The van der Waals surface area contributed by atoms with Crippen molar-refractivity contribution >= 4 is 5.91 Å². The molecule has 5 heteroatoms. The molecule has 3 nitrogen and oxygen atoms in total. The van der Waals surface area contributed by atoms with Gasteiger partial charge in [-0.25, -0.2) is 8.78 Å². The molecule has 1 saturated carbocycles. The fourth-order valence-corrected chi connectivity index (χ4v) is 2.80. The molecule has 2 unspecified atom stereocenters. The lowest BCUT2D eigenvalue weighted by Crippen LogP contribution is -2.50. The van der Waals surface area contributed by atoms with Gasteiger partial charge in [-0.3, -0.25) is 4.79 Å². The van der Waals surface area contributed by atoms with Gasteiger partial charge in [0.25, 0.3) is 0 Å². The molecule has 2 aliphatic rings. The van der Waals surface area contributed by atoms with Crippen molar-refractivity contribution in [2.24, 2.45) is 5.92 Å². The van der Waals surface area contributed by atoms with Crippen LogP contribution in [0.5, 0.6) is 0 Å². The first kappa shape index (κ1) is 13.5. The molecule has 108 valence electrons. The molecule has 1 aromatic carbocycles. The number of hydrogen-bond acceptors (Lipinski definition) is 2. The Morgan fingerprint density at radius 2 is 2.00 bits per heavy atom. The average Bonchev–Trinajstić information content (AvgIpc) is 3.27. The van der Waals surface area contributed by atoms with Crippen LogP contribution < -0.4 is 10.6 Å². The molecule has 1 aliphatic carbocycles. The molecular formula is C15H18F2N2O. The number of hydrogen-bond donors (Lipinski definition) is 2. The van der Waals surface area contributed by atoms with Crippen LogP contribution in [-0.2, 0) is 4.79 Å². The van der Waals surface area contributed by atoms with Gasteiger partial charge in [0.2, 0.25) is 5.91 Å². The van der Waals surface area contributed by atoms with E-state index in [0.717, 1.165) is 37.4 Å². The molecule has 2 fully saturated rings. The van der Waals surface area contributed by atoms with Crippen molar-refractivity contribution in [2.45, 2.75) is 31.2 Å². The van der Waals surface area contributed by atoms with Crippen molar-refractivity contribution in [3.8, 4) is 0 Å². The van der Waals surface area contributed by atoms with Crippen molar-refractivity contribution in [2.75, 3.05) is 13.1 Å². The first-order valence-corrected chi connectivity index (χ1v) is 7.11. The van der Waals surface area contributed by atoms with Crippen LogP contribution >= 0.6 is 0 Å². The van der Waals surface area contributed by atoms with Gasteiger partial charge < -0.3 is 10.6 Å². The minimum Gasteiger partial charge on any atom is -0.351 e. The third kappa shape index (κ3) is 2.82. The van der Waals surface area contributed by atoms with Gasteiger partial charge in [-0.05, 0) is 43.5 Å². The van der Waals surface area contributed by atoms with Gasteiger partial charge in [-0.2, -0.15) is 0 Å². The second-order valence-corrected chi connectivity index (χ2v) is 5.66. The van der Waals surface area contributed by atoms with Crippen molar-refractivity contribution in [1.82, 2.24) is 10.6 Å². The van der Waals surface area contributed by atoms with Crippen LogP contribution in [0.15, 0.2) is 18.2 Å². The lowest BCUT2D eigenvalue weighted by Gasteiger charge is -2.33. The van der Waals surface area contributed by atoms with Gasteiger partial charge in [-0.1, -0.05) is 6.07 Å². The molecule has 1 saturated heterocycles.